The summed E-state index contributed by atoms with van der Waals surface area (Å²) in [5.74, 6) is 2.20. The lowest BCUT2D eigenvalue weighted by Gasteiger charge is -2.31. The molecule has 0 aromatic carbocycles. The number of nitrogens with one attached hydrogen (secondary N) is 1. The fraction of sp³-hybridized carbons (Fsp3) is 1.00. The molecule has 11 heavy (non-hydrogen) atoms. The summed E-state index contributed by atoms with van der Waals surface area (Å²) >= 11 is 0. The molecule has 2 rings (SSSR count). The molecule has 1 nitrogen and oxygen atoms in total. The summed E-state index contributed by atoms with van der Waals surface area (Å²) in [6.07, 6.45) is 8.95. The van der Waals surface area contributed by atoms with Crippen LogP contribution >= 0.6 is 0 Å². The third-order valence-electron chi connectivity index (χ3n) is 3.70. The van der Waals surface area contributed by atoms with Crippen molar-refractivity contribution >= 4 is 0 Å². The molecule has 0 bridgehead atoms. The van der Waals surface area contributed by atoms with Crippen molar-refractivity contribution in [3.05, 3.63) is 0 Å². The van der Waals surface area contributed by atoms with Crippen molar-refractivity contribution in [2.45, 2.75) is 44.6 Å². The molecule has 2 atom stereocenters. The summed E-state index contributed by atoms with van der Waals surface area (Å²) in [4.78, 5) is 0. The first kappa shape index (κ1) is 7.60. The van der Waals surface area contributed by atoms with Crippen molar-refractivity contribution < 1.29 is 0 Å². The average molecular weight is 153 g/mol. The molecule has 0 heterocycles. The van der Waals surface area contributed by atoms with Crippen molar-refractivity contribution in [3.8, 4) is 0 Å². The Hall–Kier alpha value is -0.0400. The molecule has 0 spiro atoms. The highest BCUT2D eigenvalue weighted by Gasteiger charge is 2.32. The smallest absolute Gasteiger partial charge is 0.00669 e. The summed E-state index contributed by atoms with van der Waals surface area (Å²) in [7, 11) is 2.10. The third kappa shape index (κ3) is 1.44. The summed E-state index contributed by atoms with van der Waals surface area (Å²) < 4.78 is 0. The monoisotopic (exact) mass is 153 g/mol. The van der Waals surface area contributed by atoms with Gasteiger partial charge in [-0.3, -0.25) is 0 Å². The Balaban J connectivity index is 1.79. The summed E-state index contributed by atoms with van der Waals surface area (Å²) in [5, 5.41) is 3.40. The largest absolute Gasteiger partial charge is 0.317 e. The van der Waals surface area contributed by atoms with Crippen LogP contribution in [0.1, 0.15) is 38.5 Å². The normalized spacial score (nSPS) is 39.0. The Bertz CT molecular complexity index is 129. The quantitative estimate of drug-likeness (QED) is 0.641. The van der Waals surface area contributed by atoms with E-state index in [-0.39, 0.29) is 0 Å². The van der Waals surface area contributed by atoms with Crippen LogP contribution < -0.4 is 5.32 Å². The van der Waals surface area contributed by atoms with Gasteiger partial charge in [0.25, 0.3) is 0 Å². The lowest BCUT2D eigenvalue weighted by atomic mass is 9.75. The Morgan fingerprint density at radius 1 is 1.00 bits per heavy atom. The van der Waals surface area contributed by atoms with Gasteiger partial charge in [0.05, 0.1) is 0 Å². The number of hydrogen-bond acceptors (Lipinski definition) is 1. The maximum absolute atomic E-state index is 3.40. The molecular weight excluding hydrogens is 134 g/mol. The lowest BCUT2D eigenvalue weighted by Crippen LogP contribution is -2.24. The van der Waals surface area contributed by atoms with E-state index in [1.54, 1.807) is 0 Å². The van der Waals surface area contributed by atoms with Crippen LogP contribution in [0.2, 0.25) is 0 Å². The second kappa shape index (κ2) is 3.14. The highest BCUT2D eigenvalue weighted by molar-refractivity contribution is 4.86. The van der Waals surface area contributed by atoms with Gasteiger partial charge in [0.15, 0.2) is 0 Å². The van der Waals surface area contributed by atoms with E-state index in [1.807, 2.05) is 0 Å². The first-order valence-electron chi connectivity index (χ1n) is 5.07. The molecule has 0 aliphatic heterocycles. The highest BCUT2D eigenvalue weighted by Crippen LogP contribution is 2.41. The van der Waals surface area contributed by atoms with Gasteiger partial charge in [-0.25, -0.2) is 0 Å². The zero-order valence-electron chi connectivity index (χ0n) is 7.47. The minimum absolute atomic E-state index is 0.848. The van der Waals surface area contributed by atoms with Crippen LogP contribution in [0, 0.1) is 11.8 Å². The summed E-state index contributed by atoms with van der Waals surface area (Å²) in [6, 6.07) is 0.848. The predicted molar refractivity (Wildman–Crippen MR) is 47.5 cm³/mol. The van der Waals surface area contributed by atoms with E-state index in [9.17, 15) is 0 Å². The molecule has 0 aromatic heterocycles. The minimum Gasteiger partial charge on any atom is -0.317 e. The summed E-state index contributed by atoms with van der Waals surface area (Å²) in [6.45, 7) is 0. The Morgan fingerprint density at radius 3 is 2.27 bits per heavy atom. The van der Waals surface area contributed by atoms with Crippen LogP contribution in [0.25, 0.3) is 0 Å². The third-order valence-corrected chi connectivity index (χ3v) is 3.70. The van der Waals surface area contributed by atoms with Gasteiger partial charge in [-0.1, -0.05) is 19.3 Å². The van der Waals surface area contributed by atoms with Crippen LogP contribution in [-0.2, 0) is 0 Å². The van der Waals surface area contributed by atoms with Crippen molar-refractivity contribution in [1.82, 2.24) is 5.32 Å². The molecule has 0 saturated heterocycles. The minimum atomic E-state index is 0.848. The number of hydrogen-bond donors (Lipinski definition) is 1. The van der Waals surface area contributed by atoms with E-state index in [0.717, 1.165) is 17.9 Å². The Labute approximate surface area is 69.6 Å². The van der Waals surface area contributed by atoms with Gasteiger partial charge < -0.3 is 5.32 Å². The summed E-state index contributed by atoms with van der Waals surface area (Å²) in [5.41, 5.74) is 0. The van der Waals surface area contributed by atoms with Crippen molar-refractivity contribution in [1.29, 1.82) is 0 Å². The van der Waals surface area contributed by atoms with Gasteiger partial charge in [0, 0.05) is 6.04 Å². The van der Waals surface area contributed by atoms with E-state index < -0.39 is 0 Å². The van der Waals surface area contributed by atoms with Crippen LogP contribution in [0.15, 0.2) is 0 Å². The average Bonchev–Trinajstić information content (AvgIpc) is 2.32. The van der Waals surface area contributed by atoms with Crippen molar-refractivity contribution in [2.75, 3.05) is 7.05 Å². The van der Waals surface area contributed by atoms with Gasteiger partial charge in [0.1, 0.15) is 0 Å². The van der Waals surface area contributed by atoms with Crippen LogP contribution in [0.4, 0.5) is 0 Å². The molecule has 1 N–H and O–H groups in total. The van der Waals surface area contributed by atoms with Gasteiger partial charge in [-0.2, -0.15) is 0 Å². The molecular formula is C10H19N. The predicted octanol–water partition coefficient (Wildman–Crippen LogP) is 2.17. The highest BCUT2D eigenvalue weighted by atomic mass is 14.9. The van der Waals surface area contributed by atoms with Crippen LogP contribution in [0.3, 0.4) is 0 Å². The lowest BCUT2D eigenvalue weighted by molar-refractivity contribution is 0.207. The van der Waals surface area contributed by atoms with Crippen LogP contribution in [-0.4, -0.2) is 13.1 Å². The first-order valence-corrected chi connectivity index (χ1v) is 5.07. The molecule has 2 fully saturated rings. The molecule has 0 aromatic rings. The molecule has 2 aliphatic carbocycles. The molecule has 2 unspecified atom stereocenters. The Kier molecular flexibility index (Phi) is 2.17. The molecule has 64 valence electrons. The van der Waals surface area contributed by atoms with Gasteiger partial charge in [-0.15, -0.1) is 0 Å². The van der Waals surface area contributed by atoms with Gasteiger partial charge in [-0.05, 0) is 38.1 Å². The van der Waals surface area contributed by atoms with E-state index in [0.29, 0.717) is 0 Å². The fourth-order valence-electron chi connectivity index (χ4n) is 2.62. The zero-order valence-corrected chi connectivity index (χ0v) is 7.47. The molecule has 2 saturated carbocycles. The standard InChI is InChI=1S/C10H19N/c1-11-10-6-5-9(7-10)8-3-2-4-8/h8-11H,2-7H2,1H3. The fourth-order valence-corrected chi connectivity index (χ4v) is 2.62. The van der Waals surface area contributed by atoms with E-state index in [1.165, 1.54) is 38.5 Å². The maximum Gasteiger partial charge on any atom is 0.00669 e. The SMILES string of the molecule is CNC1CCC(C2CCC2)C1. The second-order valence-electron chi connectivity index (χ2n) is 4.25. The zero-order chi connectivity index (χ0) is 7.68. The van der Waals surface area contributed by atoms with Crippen LogP contribution in [0.5, 0.6) is 0 Å². The number of rotatable bonds is 2. The van der Waals surface area contributed by atoms with Gasteiger partial charge in [0.2, 0.25) is 0 Å². The topological polar surface area (TPSA) is 12.0 Å². The van der Waals surface area contributed by atoms with Crippen molar-refractivity contribution in [2.24, 2.45) is 11.8 Å². The van der Waals surface area contributed by atoms with Gasteiger partial charge >= 0.3 is 0 Å². The van der Waals surface area contributed by atoms with E-state index >= 15 is 0 Å². The molecule has 2 aliphatic rings. The molecule has 0 radical (unpaired) electrons. The van der Waals surface area contributed by atoms with E-state index in [4.69, 9.17) is 0 Å². The van der Waals surface area contributed by atoms with E-state index in [2.05, 4.69) is 12.4 Å². The molecule has 1 heteroatoms. The maximum atomic E-state index is 3.40. The second-order valence-corrected chi connectivity index (χ2v) is 4.25. The molecule has 0 amide bonds. The Morgan fingerprint density at radius 2 is 1.82 bits per heavy atom. The first-order chi connectivity index (χ1) is 5.40. The van der Waals surface area contributed by atoms with Crippen molar-refractivity contribution in [3.63, 3.8) is 0 Å².